The van der Waals surface area contributed by atoms with Crippen LogP contribution in [0.2, 0.25) is 0 Å². The minimum Gasteiger partial charge on any atom is -0.294 e. The number of amides is 1. The quantitative estimate of drug-likeness (QED) is 0.501. The summed E-state index contributed by atoms with van der Waals surface area (Å²) in [5.74, 6) is -0.341. The van der Waals surface area contributed by atoms with Gasteiger partial charge in [0.05, 0.1) is 6.42 Å². The van der Waals surface area contributed by atoms with E-state index in [1.807, 2.05) is 24.3 Å². The van der Waals surface area contributed by atoms with Gasteiger partial charge in [0.1, 0.15) is 0 Å². The van der Waals surface area contributed by atoms with Crippen LogP contribution in [-0.4, -0.2) is 17.4 Å². The van der Waals surface area contributed by atoms with Gasteiger partial charge in [0.25, 0.3) is 5.91 Å². The van der Waals surface area contributed by atoms with Crippen molar-refractivity contribution < 1.29 is 9.59 Å². The number of hydrogen-bond donors (Lipinski definition) is 1. The Morgan fingerprint density at radius 2 is 1.73 bits per heavy atom. The monoisotopic (exact) mass is 358 g/mol. The van der Waals surface area contributed by atoms with E-state index in [2.05, 4.69) is 26.5 Å². The second kappa shape index (κ2) is 7.66. The van der Waals surface area contributed by atoms with Gasteiger partial charge in [-0.2, -0.15) is 5.10 Å². The van der Waals surface area contributed by atoms with Crippen LogP contribution in [0.1, 0.15) is 34.1 Å². The topological polar surface area (TPSA) is 58.5 Å². The van der Waals surface area contributed by atoms with Gasteiger partial charge in [-0.05, 0) is 25.1 Å². The summed E-state index contributed by atoms with van der Waals surface area (Å²) in [5.41, 5.74) is 4.15. The number of nitrogens with one attached hydrogen (secondary N) is 1. The molecule has 22 heavy (non-hydrogen) atoms. The van der Waals surface area contributed by atoms with Crippen LogP contribution in [0.5, 0.6) is 0 Å². The standard InChI is InChI=1S/C17H15BrN2O2/c1-12(10-16(21)13-6-3-2-4-7-13)19-20-17(22)14-8-5-9-15(18)11-14/h2-9,11H,10H2,1H3,(H,20,22)/b19-12+. The van der Waals surface area contributed by atoms with Gasteiger partial charge in [-0.25, -0.2) is 5.43 Å². The largest absolute Gasteiger partial charge is 0.294 e. The molecule has 2 aromatic rings. The first-order valence-corrected chi connectivity index (χ1v) is 7.53. The minimum absolute atomic E-state index is 0.0291. The molecule has 0 spiro atoms. The Balaban J connectivity index is 1.95. The highest BCUT2D eigenvalue weighted by molar-refractivity contribution is 9.10. The van der Waals surface area contributed by atoms with E-state index in [9.17, 15) is 9.59 Å². The molecule has 1 N–H and O–H groups in total. The van der Waals surface area contributed by atoms with Crippen LogP contribution in [0.25, 0.3) is 0 Å². The Morgan fingerprint density at radius 1 is 1.05 bits per heavy atom. The molecule has 1 amide bonds. The zero-order valence-electron chi connectivity index (χ0n) is 12.0. The minimum atomic E-state index is -0.312. The van der Waals surface area contributed by atoms with Crippen molar-refractivity contribution in [2.75, 3.05) is 0 Å². The summed E-state index contributed by atoms with van der Waals surface area (Å²) in [6.07, 6.45) is 0.169. The number of nitrogens with zero attached hydrogens (tertiary/aromatic N) is 1. The fraction of sp³-hybridized carbons (Fsp3) is 0.118. The Morgan fingerprint density at radius 3 is 2.41 bits per heavy atom. The molecule has 0 aromatic heterocycles. The number of benzene rings is 2. The van der Waals surface area contributed by atoms with E-state index in [1.54, 1.807) is 37.3 Å². The maximum atomic E-state index is 12.0. The number of ketones is 1. The first kappa shape index (κ1) is 16.1. The molecule has 112 valence electrons. The number of carbonyl (C=O) groups excluding carboxylic acids is 2. The van der Waals surface area contributed by atoms with Crippen LogP contribution in [0.3, 0.4) is 0 Å². The highest BCUT2D eigenvalue weighted by atomic mass is 79.9. The second-order valence-corrected chi connectivity index (χ2v) is 5.68. The number of halogens is 1. The Kier molecular flexibility index (Phi) is 5.61. The summed E-state index contributed by atoms with van der Waals surface area (Å²) in [6.45, 7) is 1.71. The molecular formula is C17H15BrN2O2. The van der Waals surface area contributed by atoms with Gasteiger partial charge in [0, 0.05) is 21.3 Å². The Hall–Kier alpha value is -2.27. The molecule has 2 aromatic carbocycles. The van der Waals surface area contributed by atoms with Crippen molar-refractivity contribution in [2.45, 2.75) is 13.3 Å². The van der Waals surface area contributed by atoms with Crippen molar-refractivity contribution in [3.05, 3.63) is 70.2 Å². The summed E-state index contributed by atoms with van der Waals surface area (Å²) < 4.78 is 0.820. The van der Waals surface area contributed by atoms with E-state index < -0.39 is 0 Å². The number of hydrazone groups is 1. The normalized spacial score (nSPS) is 11.1. The third-order valence-electron chi connectivity index (χ3n) is 2.95. The van der Waals surface area contributed by atoms with Crippen LogP contribution < -0.4 is 5.43 Å². The fourth-order valence-electron chi connectivity index (χ4n) is 1.84. The second-order valence-electron chi connectivity index (χ2n) is 4.76. The van der Waals surface area contributed by atoms with E-state index in [0.717, 1.165) is 4.47 Å². The highest BCUT2D eigenvalue weighted by Gasteiger charge is 2.08. The summed E-state index contributed by atoms with van der Waals surface area (Å²) in [5, 5.41) is 3.98. The Labute approximate surface area is 137 Å². The zero-order chi connectivity index (χ0) is 15.9. The molecule has 5 heteroatoms. The number of rotatable bonds is 5. The molecule has 0 aliphatic carbocycles. The first-order chi connectivity index (χ1) is 10.6. The lowest BCUT2D eigenvalue weighted by Crippen LogP contribution is -2.19. The van der Waals surface area contributed by atoms with E-state index in [1.165, 1.54) is 0 Å². The van der Waals surface area contributed by atoms with E-state index in [4.69, 9.17) is 0 Å². The Bertz CT molecular complexity index is 712. The lowest BCUT2D eigenvalue weighted by atomic mass is 10.1. The van der Waals surface area contributed by atoms with E-state index in [-0.39, 0.29) is 18.1 Å². The first-order valence-electron chi connectivity index (χ1n) is 6.73. The van der Waals surface area contributed by atoms with Gasteiger partial charge in [-0.15, -0.1) is 0 Å². The van der Waals surface area contributed by atoms with Gasteiger partial charge < -0.3 is 0 Å². The van der Waals surface area contributed by atoms with Crippen molar-refractivity contribution in [1.29, 1.82) is 0 Å². The number of carbonyl (C=O) groups is 2. The van der Waals surface area contributed by atoms with Crippen molar-refractivity contribution in [2.24, 2.45) is 5.10 Å². The molecule has 0 fully saturated rings. The smallest absolute Gasteiger partial charge is 0.271 e. The summed E-state index contributed by atoms with van der Waals surface area (Å²) >= 11 is 3.31. The lowest BCUT2D eigenvalue weighted by Gasteiger charge is -2.03. The number of hydrogen-bond acceptors (Lipinski definition) is 3. The molecule has 0 saturated heterocycles. The predicted molar refractivity (Wildman–Crippen MR) is 90.1 cm³/mol. The fourth-order valence-corrected chi connectivity index (χ4v) is 2.24. The average molecular weight is 359 g/mol. The van der Waals surface area contributed by atoms with Crippen LogP contribution in [0.15, 0.2) is 64.2 Å². The summed E-state index contributed by atoms with van der Waals surface area (Å²) in [6, 6.07) is 16.0. The van der Waals surface area contributed by atoms with Crippen LogP contribution >= 0.6 is 15.9 Å². The molecular weight excluding hydrogens is 344 g/mol. The molecule has 0 aliphatic heterocycles. The molecule has 0 radical (unpaired) electrons. The van der Waals surface area contributed by atoms with E-state index >= 15 is 0 Å². The van der Waals surface area contributed by atoms with Crippen molar-refractivity contribution in [3.8, 4) is 0 Å². The van der Waals surface area contributed by atoms with Gasteiger partial charge in [-0.3, -0.25) is 9.59 Å². The zero-order valence-corrected chi connectivity index (χ0v) is 13.6. The van der Waals surface area contributed by atoms with Gasteiger partial charge in [-0.1, -0.05) is 52.3 Å². The van der Waals surface area contributed by atoms with Crippen LogP contribution in [-0.2, 0) is 0 Å². The maximum absolute atomic E-state index is 12.0. The van der Waals surface area contributed by atoms with Crippen molar-refractivity contribution >= 4 is 33.3 Å². The van der Waals surface area contributed by atoms with Gasteiger partial charge in [0.15, 0.2) is 5.78 Å². The molecule has 0 bridgehead atoms. The number of Topliss-reactive ketones (excluding diaryl/α,β-unsaturated/α-hetero) is 1. The van der Waals surface area contributed by atoms with Crippen LogP contribution in [0.4, 0.5) is 0 Å². The molecule has 0 saturated carbocycles. The van der Waals surface area contributed by atoms with Crippen molar-refractivity contribution in [1.82, 2.24) is 5.43 Å². The third kappa shape index (κ3) is 4.63. The summed E-state index contributed by atoms with van der Waals surface area (Å²) in [7, 11) is 0. The van der Waals surface area contributed by atoms with Crippen molar-refractivity contribution in [3.63, 3.8) is 0 Å². The van der Waals surface area contributed by atoms with Gasteiger partial charge >= 0.3 is 0 Å². The van der Waals surface area contributed by atoms with Crippen LogP contribution in [0, 0.1) is 0 Å². The van der Waals surface area contributed by atoms with E-state index in [0.29, 0.717) is 16.8 Å². The summed E-state index contributed by atoms with van der Waals surface area (Å²) in [4.78, 5) is 23.9. The molecule has 0 aliphatic rings. The molecule has 4 nitrogen and oxygen atoms in total. The SMILES string of the molecule is C/C(CC(=O)c1ccccc1)=N\NC(=O)c1cccc(Br)c1. The average Bonchev–Trinajstić information content (AvgIpc) is 2.53. The third-order valence-corrected chi connectivity index (χ3v) is 3.44. The molecule has 0 heterocycles. The maximum Gasteiger partial charge on any atom is 0.271 e. The lowest BCUT2D eigenvalue weighted by molar-refractivity contribution is 0.0950. The molecule has 2 rings (SSSR count). The molecule has 0 unspecified atom stereocenters. The molecule has 0 atom stereocenters. The van der Waals surface area contributed by atoms with Gasteiger partial charge in [0.2, 0.25) is 0 Å². The highest BCUT2D eigenvalue weighted by Crippen LogP contribution is 2.11. The predicted octanol–water partition coefficient (Wildman–Crippen LogP) is 3.83.